The van der Waals surface area contributed by atoms with Gasteiger partial charge < -0.3 is 20.1 Å². The van der Waals surface area contributed by atoms with Crippen LogP contribution in [0.25, 0.3) is 0 Å². The standard InChI is InChI=1S/C19H26N4O3.ClH/c1-20-18(15-11-21-23(2)12-15)19(24)22-16-3-5-17(6-4-16)26-13-14-7-9-25-10-8-14;/h3-6,11-12,14,18,20H,7-10,13H2,1-2H3,(H,22,24);1H. The number of aryl methyl sites for hydroxylation is 1. The van der Waals surface area contributed by atoms with Gasteiger partial charge in [0.2, 0.25) is 5.91 Å². The zero-order valence-corrected chi connectivity index (χ0v) is 16.5. The van der Waals surface area contributed by atoms with Gasteiger partial charge in [0.25, 0.3) is 0 Å². The summed E-state index contributed by atoms with van der Waals surface area (Å²) >= 11 is 0. The molecule has 0 spiro atoms. The smallest absolute Gasteiger partial charge is 0.246 e. The van der Waals surface area contributed by atoms with Crippen molar-refractivity contribution < 1.29 is 14.3 Å². The van der Waals surface area contributed by atoms with Crippen molar-refractivity contribution >= 4 is 24.0 Å². The van der Waals surface area contributed by atoms with Gasteiger partial charge in [0, 0.05) is 37.7 Å². The third-order valence-corrected chi connectivity index (χ3v) is 4.56. The molecule has 1 aromatic heterocycles. The highest BCUT2D eigenvalue weighted by Gasteiger charge is 2.20. The molecule has 0 radical (unpaired) electrons. The van der Waals surface area contributed by atoms with Crippen molar-refractivity contribution in [2.75, 3.05) is 32.2 Å². The second kappa shape index (κ2) is 10.3. The van der Waals surface area contributed by atoms with Crippen LogP contribution in [0.15, 0.2) is 36.7 Å². The Morgan fingerprint density at radius 3 is 2.63 bits per heavy atom. The molecule has 2 heterocycles. The van der Waals surface area contributed by atoms with Gasteiger partial charge >= 0.3 is 0 Å². The van der Waals surface area contributed by atoms with Crippen molar-refractivity contribution in [3.8, 4) is 5.75 Å². The third-order valence-electron chi connectivity index (χ3n) is 4.56. The van der Waals surface area contributed by atoms with E-state index in [1.54, 1.807) is 17.9 Å². The van der Waals surface area contributed by atoms with E-state index in [4.69, 9.17) is 9.47 Å². The molecule has 2 N–H and O–H groups in total. The minimum absolute atomic E-state index is 0. The van der Waals surface area contributed by atoms with Crippen LogP contribution in [0.5, 0.6) is 5.75 Å². The number of amides is 1. The number of benzene rings is 1. The summed E-state index contributed by atoms with van der Waals surface area (Å²) in [6, 6.07) is 7.02. The summed E-state index contributed by atoms with van der Waals surface area (Å²) in [5.41, 5.74) is 1.56. The van der Waals surface area contributed by atoms with Crippen LogP contribution in [0.2, 0.25) is 0 Å². The molecule has 27 heavy (non-hydrogen) atoms. The Morgan fingerprint density at radius 2 is 2.04 bits per heavy atom. The van der Waals surface area contributed by atoms with Crippen LogP contribution in [-0.2, 0) is 16.6 Å². The molecular weight excluding hydrogens is 368 g/mol. The molecule has 148 valence electrons. The number of hydrogen-bond acceptors (Lipinski definition) is 5. The molecule has 1 atom stereocenters. The second-order valence-corrected chi connectivity index (χ2v) is 6.55. The van der Waals surface area contributed by atoms with E-state index in [2.05, 4.69) is 15.7 Å². The molecule has 1 fully saturated rings. The first-order valence-corrected chi connectivity index (χ1v) is 8.93. The van der Waals surface area contributed by atoms with Crippen LogP contribution in [0.4, 0.5) is 5.69 Å². The number of carbonyl (C=O) groups excluding carboxylic acids is 1. The van der Waals surface area contributed by atoms with Gasteiger partial charge in [0.05, 0.1) is 12.8 Å². The van der Waals surface area contributed by atoms with Gasteiger partial charge in [0.1, 0.15) is 11.8 Å². The Labute approximate surface area is 165 Å². The third kappa shape index (κ3) is 5.95. The lowest BCUT2D eigenvalue weighted by Crippen LogP contribution is -2.30. The lowest BCUT2D eigenvalue weighted by molar-refractivity contribution is -0.118. The fourth-order valence-corrected chi connectivity index (χ4v) is 3.01. The van der Waals surface area contributed by atoms with Gasteiger partial charge in [-0.1, -0.05) is 0 Å². The Balaban J connectivity index is 0.00000261. The van der Waals surface area contributed by atoms with Crippen molar-refractivity contribution in [2.24, 2.45) is 13.0 Å². The van der Waals surface area contributed by atoms with Crippen LogP contribution in [0.3, 0.4) is 0 Å². The maximum absolute atomic E-state index is 12.5. The van der Waals surface area contributed by atoms with E-state index in [9.17, 15) is 4.79 Å². The molecule has 2 aromatic rings. The first-order valence-electron chi connectivity index (χ1n) is 8.93. The second-order valence-electron chi connectivity index (χ2n) is 6.55. The first-order chi connectivity index (χ1) is 12.7. The van der Waals surface area contributed by atoms with E-state index >= 15 is 0 Å². The molecule has 1 aliphatic rings. The highest BCUT2D eigenvalue weighted by molar-refractivity contribution is 5.95. The maximum Gasteiger partial charge on any atom is 0.246 e. The zero-order valence-electron chi connectivity index (χ0n) is 15.7. The highest BCUT2D eigenvalue weighted by Crippen LogP contribution is 2.21. The minimum atomic E-state index is -0.451. The van der Waals surface area contributed by atoms with E-state index in [1.807, 2.05) is 37.5 Å². The van der Waals surface area contributed by atoms with E-state index < -0.39 is 6.04 Å². The normalized spacial score (nSPS) is 15.6. The quantitative estimate of drug-likeness (QED) is 0.754. The molecule has 3 rings (SSSR count). The van der Waals surface area contributed by atoms with E-state index in [0.29, 0.717) is 12.5 Å². The van der Waals surface area contributed by atoms with Gasteiger partial charge in [-0.05, 0) is 50.1 Å². The molecular formula is C19H27ClN4O3. The molecule has 1 aliphatic heterocycles. The van der Waals surface area contributed by atoms with Crippen LogP contribution >= 0.6 is 12.4 Å². The molecule has 0 saturated carbocycles. The summed E-state index contributed by atoms with van der Waals surface area (Å²) in [5.74, 6) is 1.24. The summed E-state index contributed by atoms with van der Waals surface area (Å²) in [5, 5.41) is 10.1. The predicted molar refractivity (Wildman–Crippen MR) is 106 cm³/mol. The highest BCUT2D eigenvalue weighted by atomic mass is 35.5. The van der Waals surface area contributed by atoms with E-state index in [-0.39, 0.29) is 18.3 Å². The van der Waals surface area contributed by atoms with Crippen molar-refractivity contribution in [3.05, 3.63) is 42.2 Å². The van der Waals surface area contributed by atoms with Gasteiger partial charge in [-0.3, -0.25) is 9.48 Å². The molecule has 1 amide bonds. The zero-order chi connectivity index (χ0) is 18.4. The number of carbonyl (C=O) groups is 1. The fourth-order valence-electron chi connectivity index (χ4n) is 3.01. The SMILES string of the molecule is CNC(C(=O)Nc1ccc(OCC2CCOCC2)cc1)c1cnn(C)c1.Cl. The monoisotopic (exact) mass is 394 g/mol. The molecule has 0 bridgehead atoms. The Morgan fingerprint density at radius 1 is 1.33 bits per heavy atom. The van der Waals surface area contributed by atoms with Crippen molar-refractivity contribution in [1.29, 1.82) is 0 Å². The van der Waals surface area contributed by atoms with Gasteiger partial charge in [-0.2, -0.15) is 5.10 Å². The number of nitrogens with one attached hydrogen (secondary N) is 2. The number of nitrogens with zero attached hydrogens (tertiary/aromatic N) is 2. The average molecular weight is 395 g/mol. The lowest BCUT2D eigenvalue weighted by Gasteiger charge is -2.22. The number of halogens is 1. The maximum atomic E-state index is 12.5. The Kier molecular flexibility index (Phi) is 8.09. The largest absolute Gasteiger partial charge is 0.493 e. The summed E-state index contributed by atoms with van der Waals surface area (Å²) in [7, 11) is 3.58. The number of rotatable bonds is 7. The topological polar surface area (TPSA) is 77.4 Å². The van der Waals surface area contributed by atoms with Crippen molar-refractivity contribution in [3.63, 3.8) is 0 Å². The van der Waals surface area contributed by atoms with Crippen molar-refractivity contribution in [1.82, 2.24) is 15.1 Å². The summed E-state index contributed by atoms with van der Waals surface area (Å²) in [6.07, 6.45) is 5.61. The van der Waals surface area contributed by atoms with Gasteiger partial charge in [-0.15, -0.1) is 12.4 Å². The minimum Gasteiger partial charge on any atom is -0.493 e. The summed E-state index contributed by atoms with van der Waals surface area (Å²) in [6.45, 7) is 2.35. The van der Waals surface area contributed by atoms with Crippen molar-refractivity contribution in [2.45, 2.75) is 18.9 Å². The van der Waals surface area contributed by atoms with Crippen LogP contribution in [0, 0.1) is 5.92 Å². The number of likely N-dealkylation sites (N-methyl/N-ethyl adjacent to an activating group) is 1. The fraction of sp³-hybridized carbons (Fsp3) is 0.474. The number of ether oxygens (including phenoxy) is 2. The van der Waals surface area contributed by atoms with E-state index in [0.717, 1.165) is 43.1 Å². The predicted octanol–water partition coefficient (Wildman–Crippen LogP) is 2.55. The van der Waals surface area contributed by atoms with Gasteiger partial charge in [0.15, 0.2) is 0 Å². The number of anilines is 1. The van der Waals surface area contributed by atoms with Crippen LogP contribution in [-0.4, -0.2) is 42.6 Å². The molecule has 8 heteroatoms. The molecule has 1 aromatic carbocycles. The van der Waals surface area contributed by atoms with Gasteiger partial charge in [-0.25, -0.2) is 0 Å². The molecule has 1 unspecified atom stereocenters. The number of hydrogen-bond donors (Lipinski definition) is 2. The van der Waals surface area contributed by atoms with E-state index in [1.165, 1.54) is 0 Å². The average Bonchev–Trinajstić information content (AvgIpc) is 3.08. The summed E-state index contributed by atoms with van der Waals surface area (Å²) < 4.78 is 12.9. The summed E-state index contributed by atoms with van der Waals surface area (Å²) in [4.78, 5) is 12.5. The lowest BCUT2D eigenvalue weighted by atomic mass is 10.0. The molecule has 0 aliphatic carbocycles. The Hall–Kier alpha value is -2.09. The number of aromatic nitrogens is 2. The van der Waals surface area contributed by atoms with Crippen LogP contribution < -0.4 is 15.4 Å². The van der Waals surface area contributed by atoms with Crippen LogP contribution in [0.1, 0.15) is 24.4 Å². The molecule has 1 saturated heterocycles. The molecule has 7 nitrogen and oxygen atoms in total. The Bertz CT molecular complexity index is 714. The first kappa shape index (κ1) is 21.2.